The van der Waals surface area contributed by atoms with Crippen molar-refractivity contribution in [2.24, 2.45) is 10.8 Å². The molecule has 1 aromatic rings. The number of rotatable bonds is 1. The molecule has 2 rings (SSSR count). The molecule has 0 spiro atoms. The Hall–Kier alpha value is -2.37. The summed E-state index contributed by atoms with van der Waals surface area (Å²) in [4.78, 5) is 11.6. The van der Waals surface area contributed by atoms with E-state index in [4.69, 9.17) is 11.1 Å². The molecular weight excluding hydrogens is 206 g/mol. The van der Waals surface area contributed by atoms with Gasteiger partial charge >= 0.3 is 0 Å². The predicted octanol–water partition coefficient (Wildman–Crippen LogP) is 0.168. The zero-order valence-corrected chi connectivity index (χ0v) is 8.69. The van der Waals surface area contributed by atoms with Crippen LogP contribution >= 0.6 is 0 Å². The fourth-order valence-electron chi connectivity index (χ4n) is 1.41. The molecule has 4 N–H and O–H groups in total. The Morgan fingerprint density at radius 3 is 2.88 bits per heavy atom. The molecule has 0 unspecified atom stereocenters. The lowest BCUT2D eigenvalue weighted by molar-refractivity contribution is -0.110. The fourth-order valence-corrected chi connectivity index (χ4v) is 1.41. The van der Waals surface area contributed by atoms with E-state index in [1.807, 2.05) is 12.1 Å². The van der Waals surface area contributed by atoms with Crippen molar-refractivity contribution in [2.75, 3.05) is 12.4 Å². The lowest BCUT2D eigenvalue weighted by atomic mass is 10.1. The van der Waals surface area contributed by atoms with Gasteiger partial charge in [0.25, 0.3) is 5.91 Å². The van der Waals surface area contributed by atoms with Crippen LogP contribution in [0.3, 0.4) is 0 Å². The van der Waals surface area contributed by atoms with Gasteiger partial charge in [-0.1, -0.05) is 18.2 Å². The summed E-state index contributed by atoms with van der Waals surface area (Å²) >= 11 is 0. The summed E-state index contributed by atoms with van der Waals surface area (Å²) in [5, 5.41) is 15.0. The maximum Gasteiger partial charge on any atom is 0.276 e. The molecule has 16 heavy (non-hydrogen) atoms. The monoisotopic (exact) mass is 217 g/mol. The molecule has 1 aliphatic rings. The number of nitrogens with two attached hydrogens (primary N) is 1. The molecule has 1 aromatic carbocycles. The fraction of sp³-hybridized carbons (Fsp3) is 0.100. The number of hydrazone groups is 1. The van der Waals surface area contributed by atoms with Crippen LogP contribution in [0, 0.1) is 5.41 Å². The molecule has 0 aliphatic carbocycles. The van der Waals surface area contributed by atoms with E-state index < -0.39 is 0 Å². The van der Waals surface area contributed by atoms with E-state index in [0.717, 1.165) is 16.3 Å². The van der Waals surface area contributed by atoms with Crippen LogP contribution in [0.4, 0.5) is 5.69 Å². The maximum atomic E-state index is 11.6. The zero-order valence-electron chi connectivity index (χ0n) is 8.69. The standard InChI is InChI=1S/C10H11N5O/c1-15(10(11)12)14-8-6-4-2-3-5-7(6)13-9(8)16/h2-5H,1H3,(H3,11,12)(H,13,14,16). The molecule has 6 heteroatoms. The zero-order chi connectivity index (χ0) is 11.7. The van der Waals surface area contributed by atoms with Crippen LogP contribution < -0.4 is 11.1 Å². The Labute approximate surface area is 92.2 Å². The van der Waals surface area contributed by atoms with Crippen LogP contribution in [-0.4, -0.2) is 29.6 Å². The molecule has 82 valence electrons. The number of nitrogens with one attached hydrogen (secondary N) is 2. The highest BCUT2D eigenvalue weighted by Crippen LogP contribution is 2.22. The molecule has 0 fully saturated rings. The van der Waals surface area contributed by atoms with Crippen molar-refractivity contribution in [1.82, 2.24) is 5.01 Å². The number of amides is 1. The van der Waals surface area contributed by atoms with Crippen molar-refractivity contribution < 1.29 is 4.79 Å². The van der Waals surface area contributed by atoms with Gasteiger partial charge in [0.15, 0.2) is 5.71 Å². The quantitative estimate of drug-likeness (QED) is 0.355. The molecule has 1 heterocycles. The average Bonchev–Trinajstić information content (AvgIpc) is 2.55. The van der Waals surface area contributed by atoms with Gasteiger partial charge in [0.1, 0.15) is 0 Å². The number of hydrogen-bond acceptors (Lipinski definition) is 3. The van der Waals surface area contributed by atoms with Crippen LogP contribution in [-0.2, 0) is 4.79 Å². The summed E-state index contributed by atoms with van der Waals surface area (Å²) in [5.74, 6) is -0.501. The van der Waals surface area contributed by atoms with Gasteiger partial charge in [0.05, 0.1) is 5.69 Å². The smallest absolute Gasteiger partial charge is 0.276 e. The largest absolute Gasteiger partial charge is 0.369 e. The van der Waals surface area contributed by atoms with Crippen molar-refractivity contribution >= 4 is 23.3 Å². The number of guanidine groups is 1. The third-order valence-electron chi connectivity index (χ3n) is 2.24. The van der Waals surface area contributed by atoms with Crippen molar-refractivity contribution in [2.45, 2.75) is 0 Å². The summed E-state index contributed by atoms with van der Waals surface area (Å²) < 4.78 is 0. The minimum Gasteiger partial charge on any atom is -0.369 e. The first-order chi connectivity index (χ1) is 7.59. The maximum absolute atomic E-state index is 11.6. The molecule has 6 nitrogen and oxygen atoms in total. The summed E-state index contributed by atoms with van der Waals surface area (Å²) in [6.45, 7) is 0. The van der Waals surface area contributed by atoms with Gasteiger partial charge in [-0.25, -0.2) is 5.01 Å². The molecule has 0 radical (unpaired) electrons. The molecule has 0 bridgehead atoms. The number of hydrogen-bond donors (Lipinski definition) is 3. The van der Waals surface area contributed by atoms with Crippen LogP contribution in [0.15, 0.2) is 29.4 Å². The molecule has 1 amide bonds. The number of anilines is 1. The average molecular weight is 217 g/mol. The van der Waals surface area contributed by atoms with Crippen molar-refractivity contribution in [3.05, 3.63) is 29.8 Å². The second-order valence-corrected chi connectivity index (χ2v) is 3.36. The lowest BCUT2D eigenvalue weighted by Gasteiger charge is -2.09. The molecule has 0 saturated heterocycles. The molecule has 1 aliphatic heterocycles. The summed E-state index contributed by atoms with van der Waals surface area (Å²) in [7, 11) is 1.52. The van der Waals surface area contributed by atoms with Gasteiger partial charge in [0, 0.05) is 12.6 Å². The van der Waals surface area contributed by atoms with Crippen molar-refractivity contribution in [3.8, 4) is 0 Å². The highest BCUT2D eigenvalue weighted by Gasteiger charge is 2.26. The van der Waals surface area contributed by atoms with Crippen molar-refractivity contribution in [1.29, 1.82) is 5.41 Å². The molecule has 0 saturated carbocycles. The van der Waals surface area contributed by atoms with E-state index in [0.29, 0.717) is 0 Å². The van der Waals surface area contributed by atoms with E-state index in [1.165, 1.54) is 7.05 Å². The summed E-state index contributed by atoms with van der Waals surface area (Å²) in [5.41, 5.74) is 6.97. The Kier molecular flexibility index (Phi) is 2.32. The highest BCUT2D eigenvalue weighted by atomic mass is 16.2. The van der Waals surface area contributed by atoms with Crippen LogP contribution in [0.2, 0.25) is 0 Å². The van der Waals surface area contributed by atoms with E-state index in [1.54, 1.807) is 12.1 Å². The Bertz CT molecular complexity index is 494. The third kappa shape index (κ3) is 1.60. The highest BCUT2D eigenvalue weighted by molar-refractivity contribution is 6.53. The number of carbonyl (C=O) groups excluding carboxylic acids is 1. The van der Waals surface area contributed by atoms with Gasteiger partial charge in [-0.05, 0) is 6.07 Å². The summed E-state index contributed by atoms with van der Waals surface area (Å²) in [6.07, 6.45) is 0. The van der Waals surface area contributed by atoms with Crippen LogP contribution in [0.5, 0.6) is 0 Å². The Morgan fingerprint density at radius 2 is 2.19 bits per heavy atom. The van der Waals surface area contributed by atoms with Gasteiger partial charge < -0.3 is 11.1 Å². The van der Waals surface area contributed by atoms with Gasteiger partial charge in [0.2, 0.25) is 5.96 Å². The predicted molar refractivity (Wildman–Crippen MR) is 61.3 cm³/mol. The lowest BCUT2D eigenvalue weighted by Crippen LogP contribution is -2.30. The first kappa shape index (κ1) is 10.2. The Morgan fingerprint density at radius 1 is 1.50 bits per heavy atom. The van der Waals surface area contributed by atoms with E-state index in [9.17, 15) is 4.79 Å². The number of carbonyl (C=O) groups is 1. The van der Waals surface area contributed by atoms with Gasteiger partial charge in [-0.3, -0.25) is 10.2 Å². The van der Waals surface area contributed by atoms with E-state index in [-0.39, 0.29) is 17.6 Å². The molecule has 0 atom stereocenters. The summed E-state index contributed by atoms with van der Waals surface area (Å²) in [6, 6.07) is 7.24. The van der Waals surface area contributed by atoms with Crippen molar-refractivity contribution in [3.63, 3.8) is 0 Å². The van der Waals surface area contributed by atoms with Gasteiger partial charge in [-0.15, -0.1) is 0 Å². The third-order valence-corrected chi connectivity index (χ3v) is 2.24. The van der Waals surface area contributed by atoms with Gasteiger partial charge in [-0.2, -0.15) is 5.10 Å². The Balaban J connectivity index is 2.43. The first-order valence-corrected chi connectivity index (χ1v) is 4.66. The topological polar surface area (TPSA) is 94.6 Å². The molecule has 0 aromatic heterocycles. The molecular formula is C10H11N5O. The van der Waals surface area contributed by atoms with E-state index in [2.05, 4.69) is 10.4 Å². The van der Waals surface area contributed by atoms with Crippen LogP contribution in [0.1, 0.15) is 5.56 Å². The second kappa shape index (κ2) is 3.65. The minimum atomic E-state index is -0.283. The SMILES string of the molecule is CN(/N=C1\C(=O)Nc2ccccc21)C(=N)N. The number of nitrogens with zero attached hydrogens (tertiary/aromatic N) is 2. The second-order valence-electron chi connectivity index (χ2n) is 3.36. The normalized spacial score (nSPS) is 15.8. The first-order valence-electron chi connectivity index (χ1n) is 4.66. The number of fused-ring (bicyclic) bond motifs is 1. The number of para-hydroxylation sites is 1. The van der Waals surface area contributed by atoms with Crippen LogP contribution in [0.25, 0.3) is 0 Å². The minimum absolute atomic E-state index is 0.218. The number of benzene rings is 1. The van der Waals surface area contributed by atoms with E-state index >= 15 is 0 Å².